The van der Waals surface area contributed by atoms with E-state index in [0.717, 1.165) is 53.3 Å². The van der Waals surface area contributed by atoms with Gasteiger partial charge < -0.3 is 20.5 Å². The quantitative estimate of drug-likeness (QED) is 0.407. The molecule has 4 aromatic rings. The van der Waals surface area contributed by atoms with E-state index in [-0.39, 0.29) is 5.91 Å². The molecule has 2 aromatic heterocycles. The summed E-state index contributed by atoms with van der Waals surface area (Å²) >= 11 is 0. The van der Waals surface area contributed by atoms with Crippen molar-refractivity contribution in [3.05, 3.63) is 60.3 Å². The first-order valence-corrected chi connectivity index (χ1v) is 11.6. The second-order valence-corrected chi connectivity index (χ2v) is 9.12. The number of nitrogens with zero attached hydrogens (tertiary/aromatic N) is 3. The van der Waals surface area contributed by atoms with Gasteiger partial charge in [-0.05, 0) is 55.9 Å². The Bertz CT molecular complexity index is 1240. The standard InChI is InChI=1S/C26H30N6O/c1-32(2)24-20-8-4-6-10-22(20)30-26(31-24)28-19-13-11-17(12-14-19)16-27-25(33)23-15-18-7-3-5-9-21(18)29-23/h3-10,15,17,19,29H,11-14,16H2,1-2H3,(H,27,33)(H,28,30,31). The van der Waals surface area contributed by atoms with Crippen molar-refractivity contribution in [2.24, 2.45) is 5.92 Å². The molecule has 5 rings (SSSR count). The van der Waals surface area contributed by atoms with Gasteiger partial charge in [0.05, 0.1) is 5.52 Å². The first-order chi connectivity index (χ1) is 16.1. The zero-order chi connectivity index (χ0) is 22.8. The highest BCUT2D eigenvalue weighted by molar-refractivity contribution is 5.98. The van der Waals surface area contributed by atoms with Crippen molar-refractivity contribution in [3.8, 4) is 0 Å². The van der Waals surface area contributed by atoms with E-state index in [1.807, 2.05) is 67.5 Å². The second-order valence-electron chi connectivity index (χ2n) is 9.12. The van der Waals surface area contributed by atoms with Crippen molar-refractivity contribution in [1.82, 2.24) is 20.3 Å². The van der Waals surface area contributed by atoms with Crippen molar-refractivity contribution in [2.75, 3.05) is 30.9 Å². The third-order valence-corrected chi connectivity index (χ3v) is 6.51. The van der Waals surface area contributed by atoms with E-state index in [0.29, 0.717) is 30.1 Å². The summed E-state index contributed by atoms with van der Waals surface area (Å²) in [5.41, 5.74) is 2.56. The van der Waals surface area contributed by atoms with Crippen molar-refractivity contribution >= 4 is 39.5 Å². The van der Waals surface area contributed by atoms with E-state index in [9.17, 15) is 4.79 Å². The molecule has 1 aliphatic carbocycles. The Balaban J connectivity index is 1.16. The van der Waals surface area contributed by atoms with E-state index in [1.165, 1.54) is 0 Å². The fourth-order valence-corrected chi connectivity index (χ4v) is 4.69. The number of aromatic nitrogens is 3. The van der Waals surface area contributed by atoms with Gasteiger partial charge >= 0.3 is 0 Å². The van der Waals surface area contributed by atoms with E-state index in [4.69, 9.17) is 9.97 Å². The second kappa shape index (κ2) is 9.10. The molecule has 1 fully saturated rings. The molecule has 0 aliphatic heterocycles. The number of nitrogens with one attached hydrogen (secondary N) is 3. The highest BCUT2D eigenvalue weighted by atomic mass is 16.1. The molecule has 1 amide bonds. The Labute approximate surface area is 193 Å². The molecule has 170 valence electrons. The summed E-state index contributed by atoms with van der Waals surface area (Å²) in [7, 11) is 4.02. The normalized spacial score (nSPS) is 18.4. The predicted molar refractivity (Wildman–Crippen MR) is 134 cm³/mol. The van der Waals surface area contributed by atoms with E-state index >= 15 is 0 Å². The van der Waals surface area contributed by atoms with Crippen LogP contribution in [-0.4, -0.2) is 47.5 Å². The maximum atomic E-state index is 12.6. The molecule has 0 saturated heterocycles. The largest absolute Gasteiger partial charge is 0.362 e. The van der Waals surface area contributed by atoms with Gasteiger partial charge in [0.15, 0.2) is 0 Å². The van der Waals surface area contributed by atoms with Gasteiger partial charge in [0.1, 0.15) is 11.5 Å². The van der Waals surface area contributed by atoms with Crippen LogP contribution in [0.4, 0.5) is 11.8 Å². The number of H-pyrrole nitrogens is 1. The molecule has 2 aromatic carbocycles. The molecule has 7 heteroatoms. The molecule has 1 saturated carbocycles. The first-order valence-electron chi connectivity index (χ1n) is 11.6. The lowest BCUT2D eigenvalue weighted by molar-refractivity contribution is 0.0939. The molecular formula is C26H30N6O. The van der Waals surface area contributed by atoms with Crippen molar-refractivity contribution in [3.63, 3.8) is 0 Å². The fraction of sp³-hybridized carbons (Fsp3) is 0.346. The summed E-state index contributed by atoms with van der Waals surface area (Å²) in [5, 5.41) is 8.78. The minimum absolute atomic E-state index is 0.0350. The molecule has 1 aliphatic rings. The van der Waals surface area contributed by atoms with E-state index < -0.39 is 0 Å². The molecule has 0 bridgehead atoms. The molecular weight excluding hydrogens is 412 g/mol. The fourth-order valence-electron chi connectivity index (χ4n) is 4.69. The summed E-state index contributed by atoms with van der Waals surface area (Å²) in [5.74, 6) is 2.07. The van der Waals surface area contributed by atoms with Crippen LogP contribution in [0.2, 0.25) is 0 Å². The predicted octanol–water partition coefficient (Wildman–Crippen LogP) is 4.58. The molecule has 3 N–H and O–H groups in total. The Morgan fingerprint density at radius 3 is 2.58 bits per heavy atom. The van der Waals surface area contributed by atoms with Crippen LogP contribution in [0.5, 0.6) is 0 Å². The lowest BCUT2D eigenvalue weighted by Crippen LogP contribution is -2.34. The summed E-state index contributed by atoms with van der Waals surface area (Å²) in [6.07, 6.45) is 4.22. The van der Waals surface area contributed by atoms with Gasteiger partial charge in [-0.1, -0.05) is 30.3 Å². The van der Waals surface area contributed by atoms with Gasteiger partial charge in [-0.3, -0.25) is 4.79 Å². The van der Waals surface area contributed by atoms with E-state index in [2.05, 4.69) is 21.7 Å². The number of para-hydroxylation sites is 2. The lowest BCUT2D eigenvalue weighted by Gasteiger charge is -2.29. The first kappa shape index (κ1) is 21.2. The number of hydrogen-bond donors (Lipinski definition) is 3. The van der Waals surface area contributed by atoms with Gasteiger partial charge in [0.2, 0.25) is 5.95 Å². The maximum absolute atomic E-state index is 12.6. The van der Waals surface area contributed by atoms with Crippen LogP contribution in [0.1, 0.15) is 36.2 Å². The Hall–Kier alpha value is -3.61. The van der Waals surface area contributed by atoms with Crippen LogP contribution in [0, 0.1) is 5.92 Å². The number of benzene rings is 2. The minimum Gasteiger partial charge on any atom is -0.362 e. The van der Waals surface area contributed by atoms with Gasteiger partial charge in [-0.25, -0.2) is 4.98 Å². The summed E-state index contributed by atoms with van der Waals surface area (Å²) < 4.78 is 0. The number of amides is 1. The summed E-state index contributed by atoms with van der Waals surface area (Å²) in [4.78, 5) is 27.3. The smallest absolute Gasteiger partial charge is 0.267 e. The van der Waals surface area contributed by atoms with Gasteiger partial charge in [-0.2, -0.15) is 4.98 Å². The van der Waals surface area contributed by atoms with Crippen LogP contribution >= 0.6 is 0 Å². The number of aromatic amines is 1. The molecule has 0 radical (unpaired) electrons. The number of rotatable bonds is 6. The SMILES string of the molecule is CN(C)c1nc(NC2CCC(CNC(=O)c3cc4ccccc4[nH]3)CC2)nc2ccccc12. The monoisotopic (exact) mass is 442 g/mol. The van der Waals surface area contributed by atoms with Gasteiger partial charge in [-0.15, -0.1) is 0 Å². The maximum Gasteiger partial charge on any atom is 0.267 e. The van der Waals surface area contributed by atoms with Crippen LogP contribution in [0.15, 0.2) is 54.6 Å². The average molecular weight is 443 g/mol. The number of fused-ring (bicyclic) bond motifs is 2. The molecule has 2 heterocycles. The van der Waals surface area contributed by atoms with Crippen molar-refractivity contribution in [2.45, 2.75) is 31.7 Å². The number of carbonyl (C=O) groups is 1. The molecule has 7 nitrogen and oxygen atoms in total. The van der Waals surface area contributed by atoms with E-state index in [1.54, 1.807) is 0 Å². The Kier molecular flexibility index (Phi) is 5.86. The third kappa shape index (κ3) is 4.62. The zero-order valence-corrected chi connectivity index (χ0v) is 19.1. The minimum atomic E-state index is -0.0350. The topological polar surface area (TPSA) is 85.9 Å². The highest BCUT2D eigenvalue weighted by Crippen LogP contribution is 2.28. The van der Waals surface area contributed by atoms with Crippen molar-refractivity contribution in [1.29, 1.82) is 0 Å². The van der Waals surface area contributed by atoms with Crippen LogP contribution < -0.4 is 15.5 Å². The molecule has 0 spiro atoms. The Morgan fingerprint density at radius 1 is 1.03 bits per heavy atom. The van der Waals surface area contributed by atoms with Gasteiger partial charge in [0.25, 0.3) is 5.91 Å². The molecule has 33 heavy (non-hydrogen) atoms. The van der Waals surface area contributed by atoms with Crippen LogP contribution in [-0.2, 0) is 0 Å². The third-order valence-electron chi connectivity index (χ3n) is 6.51. The Morgan fingerprint density at radius 2 is 1.79 bits per heavy atom. The highest BCUT2D eigenvalue weighted by Gasteiger charge is 2.23. The molecule has 0 atom stereocenters. The average Bonchev–Trinajstić information content (AvgIpc) is 3.27. The van der Waals surface area contributed by atoms with Crippen LogP contribution in [0.25, 0.3) is 21.8 Å². The molecule has 0 unspecified atom stereocenters. The number of anilines is 2. The van der Waals surface area contributed by atoms with Gasteiger partial charge in [0, 0.05) is 43.0 Å². The summed E-state index contributed by atoms with van der Waals surface area (Å²) in [6, 6.07) is 18.3. The lowest BCUT2D eigenvalue weighted by atomic mass is 9.86. The zero-order valence-electron chi connectivity index (χ0n) is 19.1. The van der Waals surface area contributed by atoms with Crippen LogP contribution in [0.3, 0.4) is 0 Å². The number of hydrogen-bond acceptors (Lipinski definition) is 5. The van der Waals surface area contributed by atoms with Crippen molar-refractivity contribution < 1.29 is 4.79 Å². The summed E-state index contributed by atoms with van der Waals surface area (Å²) in [6.45, 7) is 0.707. The number of carbonyl (C=O) groups excluding carboxylic acids is 1.